The zero-order chi connectivity index (χ0) is 17.6. The third-order valence-corrected chi connectivity index (χ3v) is 6.09. The van der Waals surface area contributed by atoms with Crippen LogP contribution in [0.3, 0.4) is 0 Å². The van der Waals surface area contributed by atoms with Crippen molar-refractivity contribution in [1.82, 2.24) is 9.88 Å². The van der Waals surface area contributed by atoms with E-state index < -0.39 is 12.0 Å². The lowest BCUT2D eigenvalue weighted by atomic mass is 9.63. The smallest absolute Gasteiger partial charge is 0.173 e. The number of ketones is 1. The fourth-order valence-electron chi connectivity index (χ4n) is 4.83. The molecule has 4 heterocycles. The first kappa shape index (κ1) is 16.5. The van der Waals surface area contributed by atoms with Crippen LogP contribution in [-0.2, 0) is 16.8 Å². The van der Waals surface area contributed by atoms with Crippen molar-refractivity contribution in [2.45, 2.75) is 25.3 Å². The van der Waals surface area contributed by atoms with Crippen molar-refractivity contribution in [3.63, 3.8) is 0 Å². The SMILES string of the molecule is CC=C1CN2CCC1C(CO)(C(=O)CO)c1[nH]c3ccccc3c1C2. The summed E-state index contributed by atoms with van der Waals surface area (Å²) in [6.45, 7) is 3.57. The summed E-state index contributed by atoms with van der Waals surface area (Å²) in [4.78, 5) is 18.8. The molecule has 0 amide bonds. The number of piperidine rings is 1. The lowest BCUT2D eigenvalue weighted by Crippen LogP contribution is -2.55. The van der Waals surface area contributed by atoms with E-state index in [1.165, 1.54) is 5.57 Å². The third-order valence-electron chi connectivity index (χ3n) is 6.09. The standard InChI is InChI=1S/C20H24N2O3/c1-2-13-9-22-8-7-16(13)20(12-24,18(25)11-23)19-15(10-22)14-5-3-4-6-17(14)21-19/h2-6,16,21,23-24H,7-12H2,1H3. The van der Waals surface area contributed by atoms with Gasteiger partial charge in [0.15, 0.2) is 5.78 Å². The molecule has 5 rings (SSSR count). The number of aromatic amines is 1. The molecule has 0 saturated carbocycles. The minimum atomic E-state index is -1.10. The Morgan fingerprint density at radius 1 is 1.36 bits per heavy atom. The molecule has 3 atom stereocenters. The largest absolute Gasteiger partial charge is 0.395 e. The molecule has 3 aliphatic rings. The van der Waals surface area contributed by atoms with E-state index in [0.717, 1.165) is 48.2 Å². The van der Waals surface area contributed by atoms with Crippen LogP contribution in [0.25, 0.3) is 10.9 Å². The molecule has 1 aromatic heterocycles. The van der Waals surface area contributed by atoms with Gasteiger partial charge >= 0.3 is 0 Å². The number of allylic oxidation sites excluding steroid dienone is 1. The molecular weight excluding hydrogens is 316 g/mol. The molecule has 1 aromatic carbocycles. The minimum absolute atomic E-state index is 0.0921. The first-order chi connectivity index (χ1) is 12.2. The summed E-state index contributed by atoms with van der Waals surface area (Å²) in [5, 5.41) is 21.3. The highest BCUT2D eigenvalue weighted by Gasteiger charge is 2.52. The molecule has 3 unspecified atom stereocenters. The van der Waals surface area contributed by atoms with Gasteiger partial charge in [0.1, 0.15) is 12.0 Å². The molecule has 5 nitrogen and oxygen atoms in total. The van der Waals surface area contributed by atoms with Gasteiger partial charge in [-0.1, -0.05) is 29.8 Å². The Morgan fingerprint density at radius 3 is 2.88 bits per heavy atom. The molecule has 25 heavy (non-hydrogen) atoms. The van der Waals surface area contributed by atoms with E-state index >= 15 is 0 Å². The van der Waals surface area contributed by atoms with E-state index in [4.69, 9.17) is 0 Å². The maximum Gasteiger partial charge on any atom is 0.173 e. The van der Waals surface area contributed by atoms with Crippen LogP contribution in [0.4, 0.5) is 0 Å². The highest BCUT2D eigenvalue weighted by molar-refractivity contribution is 5.95. The first-order valence-corrected chi connectivity index (χ1v) is 8.88. The molecule has 0 spiro atoms. The zero-order valence-electron chi connectivity index (χ0n) is 14.5. The molecule has 3 N–H and O–H groups in total. The number of carbonyl (C=O) groups excluding carboxylic acids is 1. The summed E-state index contributed by atoms with van der Waals surface area (Å²) < 4.78 is 0. The highest BCUT2D eigenvalue weighted by atomic mass is 16.3. The van der Waals surface area contributed by atoms with Crippen molar-refractivity contribution in [2.24, 2.45) is 5.92 Å². The van der Waals surface area contributed by atoms with Gasteiger partial charge in [-0.25, -0.2) is 0 Å². The van der Waals surface area contributed by atoms with E-state index in [2.05, 4.69) is 22.0 Å². The molecule has 0 radical (unpaired) electrons. The van der Waals surface area contributed by atoms with E-state index in [-0.39, 0.29) is 18.3 Å². The van der Waals surface area contributed by atoms with Crippen LogP contribution in [0, 0.1) is 5.92 Å². The van der Waals surface area contributed by atoms with Gasteiger partial charge < -0.3 is 15.2 Å². The number of hydrogen-bond acceptors (Lipinski definition) is 4. The molecule has 1 saturated heterocycles. The topological polar surface area (TPSA) is 76.6 Å². The maximum atomic E-state index is 13.0. The van der Waals surface area contributed by atoms with Gasteiger partial charge in [-0.3, -0.25) is 9.69 Å². The normalized spacial score (nSPS) is 30.3. The summed E-state index contributed by atoms with van der Waals surface area (Å²) in [6.07, 6.45) is 2.88. The second kappa shape index (κ2) is 6.09. The number of rotatable bonds is 3. The Hall–Kier alpha value is -1.95. The van der Waals surface area contributed by atoms with Crippen molar-refractivity contribution in [1.29, 1.82) is 0 Å². The molecule has 2 bridgehead atoms. The van der Waals surface area contributed by atoms with Crippen LogP contribution in [-0.4, -0.2) is 52.2 Å². The number of para-hydroxylation sites is 1. The van der Waals surface area contributed by atoms with Crippen molar-refractivity contribution < 1.29 is 15.0 Å². The molecule has 132 valence electrons. The lowest BCUT2D eigenvalue weighted by molar-refractivity contribution is -0.132. The third kappa shape index (κ3) is 2.23. The molecule has 2 aromatic rings. The summed E-state index contributed by atoms with van der Waals surface area (Å²) in [5.74, 6) is -0.395. The van der Waals surface area contributed by atoms with Crippen LogP contribution in [0.5, 0.6) is 0 Å². The monoisotopic (exact) mass is 340 g/mol. The van der Waals surface area contributed by atoms with Crippen LogP contribution < -0.4 is 0 Å². The Balaban J connectivity index is 2.06. The van der Waals surface area contributed by atoms with Gasteiger partial charge in [-0.05, 0) is 31.5 Å². The van der Waals surface area contributed by atoms with Gasteiger partial charge in [0.2, 0.25) is 0 Å². The molecule has 0 aliphatic carbocycles. The van der Waals surface area contributed by atoms with Crippen LogP contribution in [0.15, 0.2) is 35.9 Å². The summed E-state index contributed by atoms with van der Waals surface area (Å²) in [6, 6.07) is 8.02. The summed E-state index contributed by atoms with van der Waals surface area (Å²) >= 11 is 0. The first-order valence-electron chi connectivity index (χ1n) is 8.88. The van der Waals surface area contributed by atoms with Crippen LogP contribution in [0.2, 0.25) is 0 Å². The van der Waals surface area contributed by atoms with Gasteiger partial charge in [0.05, 0.1) is 6.61 Å². The Morgan fingerprint density at radius 2 is 2.16 bits per heavy atom. The fourth-order valence-corrected chi connectivity index (χ4v) is 4.83. The second-order valence-electron chi connectivity index (χ2n) is 7.15. The predicted molar refractivity (Wildman–Crippen MR) is 96.3 cm³/mol. The predicted octanol–water partition coefficient (Wildman–Crippen LogP) is 1.74. The number of aromatic nitrogens is 1. The van der Waals surface area contributed by atoms with Crippen molar-refractivity contribution in [2.75, 3.05) is 26.3 Å². The van der Waals surface area contributed by atoms with Gasteiger partial charge in [0.25, 0.3) is 0 Å². The molecule has 5 heteroatoms. The number of hydrogen-bond donors (Lipinski definition) is 3. The number of aliphatic hydroxyl groups excluding tert-OH is 2. The average molecular weight is 340 g/mol. The van der Waals surface area contributed by atoms with Crippen molar-refractivity contribution in [3.05, 3.63) is 47.2 Å². The van der Waals surface area contributed by atoms with Gasteiger partial charge in [0, 0.05) is 35.6 Å². The molecular formula is C20H24N2O3. The number of fused-ring (bicyclic) bond motifs is 3. The van der Waals surface area contributed by atoms with Crippen molar-refractivity contribution in [3.8, 4) is 0 Å². The highest BCUT2D eigenvalue weighted by Crippen LogP contribution is 2.47. The van der Waals surface area contributed by atoms with E-state index in [0.29, 0.717) is 0 Å². The number of carbonyl (C=O) groups is 1. The fraction of sp³-hybridized carbons (Fsp3) is 0.450. The van der Waals surface area contributed by atoms with Gasteiger partial charge in [-0.2, -0.15) is 0 Å². The van der Waals surface area contributed by atoms with E-state index in [1.54, 1.807) is 0 Å². The van der Waals surface area contributed by atoms with Gasteiger partial charge in [-0.15, -0.1) is 0 Å². The van der Waals surface area contributed by atoms with Crippen LogP contribution in [0.1, 0.15) is 24.6 Å². The van der Waals surface area contributed by atoms with E-state index in [1.807, 2.05) is 25.1 Å². The molecule has 1 fully saturated rings. The number of benzene rings is 1. The molecule has 3 aliphatic heterocycles. The second-order valence-corrected chi connectivity index (χ2v) is 7.15. The number of nitrogens with one attached hydrogen (secondary N) is 1. The minimum Gasteiger partial charge on any atom is -0.395 e. The Kier molecular flexibility index (Phi) is 4.02. The number of Topliss-reactive ketones (excluding diaryl/α,β-unsaturated/α-hetero) is 1. The number of aliphatic hydroxyl groups is 2. The van der Waals surface area contributed by atoms with Crippen molar-refractivity contribution >= 4 is 16.7 Å². The number of H-pyrrole nitrogens is 1. The maximum absolute atomic E-state index is 13.0. The van der Waals surface area contributed by atoms with E-state index in [9.17, 15) is 15.0 Å². The average Bonchev–Trinajstić information content (AvgIpc) is 2.99. The quantitative estimate of drug-likeness (QED) is 0.744. The number of nitrogens with zero attached hydrogens (tertiary/aromatic N) is 1. The van der Waals surface area contributed by atoms with Crippen LogP contribution >= 0.6 is 0 Å². The summed E-state index contributed by atoms with van der Waals surface area (Å²) in [7, 11) is 0. The summed E-state index contributed by atoms with van der Waals surface area (Å²) in [5.41, 5.74) is 2.90. The zero-order valence-corrected chi connectivity index (χ0v) is 14.5. The Labute approximate surface area is 147 Å². The Bertz CT molecular complexity index is 854. The lowest BCUT2D eigenvalue weighted by Gasteiger charge is -2.47.